The van der Waals surface area contributed by atoms with Crippen molar-refractivity contribution >= 4 is 57.5 Å². The summed E-state index contributed by atoms with van der Waals surface area (Å²) >= 11 is 18.0. The number of carbonyl (C=O) groups is 1. The molecule has 5 nitrogen and oxygen atoms in total. The van der Waals surface area contributed by atoms with E-state index < -0.39 is 0 Å². The molecule has 1 N–H and O–H groups in total. The molecule has 29 heavy (non-hydrogen) atoms. The van der Waals surface area contributed by atoms with Gasteiger partial charge in [0.1, 0.15) is 11.3 Å². The summed E-state index contributed by atoms with van der Waals surface area (Å²) in [6, 6.07) is 17.2. The molecule has 0 aliphatic rings. The normalized spacial score (nSPS) is 10.9. The van der Waals surface area contributed by atoms with E-state index in [1.54, 1.807) is 54.6 Å². The van der Waals surface area contributed by atoms with Crippen LogP contribution in [-0.2, 0) is 4.79 Å². The molecular formula is C21H13Cl3N2O3. The number of nitrogens with zero attached hydrogens (tertiary/aromatic N) is 1. The van der Waals surface area contributed by atoms with Crippen molar-refractivity contribution in [3.05, 3.63) is 75.7 Å². The van der Waals surface area contributed by atoms with Crippen molar-refractivity contribution < 1.29 is 13.9 Å². The standard InChI is InChI=1S/C21H13Cl3N2O3/c22-13-4-6-16(7-5-13)28-11-19(27)25-15-3-1-2-12(8-15)21-26-18-10-14(23)9-17(24)20(18)29-21/h1-10H,11H2,(H,25,27). The first-order valence-corrected chi connectivity index (χ1v) is 9.65. The van der Waals surface area contributed by atoms with Gasteiger partial charge in [0, 0.05) is 21.3 Å². The highest BCUT2D eigenvalue weighted by atomic mass is 35.5. The predicted octanol–water partition coefficient (Wildman–Crippen LogP) is 6.47. The third kappa shape index (κ3) is 4.65. The van der Waals surface area contributed by atoms with Gasteiger partial charge in [0.15, 0.2) is 12.2 Å². The Kier molecular flexibility index (Phi) is 5.62. The Morgan fingerprint density at radius 3 is 2.59 bits per heavy atom. The van der Waals surface area contributed by atoms with Gasteiger partial charge in [-0.25, -0.2) is 4.98 Å². The number of aromatic nitrogens is 1. The second kappa shape index (κ2) is 8.33. The van der Waals surface area contributed by atoms with Crippen LogP contribution in [-0.4, -0.2) is 17.5 Å². The maximum absolute atomic E-state index is 12.2. The first-order chi connectivity index (χ1) is 14.0. The summed E-state index contributed by atoms with van der Waals surface area (Å²) in [4.78, 5) is 16.6. The Morgan fingerprint density at radius 2 is 1.79 bits per heavy atom. The molecule has 146 valence electrons. The Labute approximate surface area is 181 Å². The predicted molar refractivity (Wildman–Crippen MR) is 115 cm³/mol. The smallest absolute Gasteiger partial charge is 0.262 e. The zero-order chi connectivity index (χ0) is 20.4. The largest absolute Gasteiger partial charge is 0.484 e. The summed E-state index contributed by atoms with van der Waals surface area (Å²) in [6.07, 6.45) is 0. The van der Waals surface area contributed by atoms with Crippen molar-refractivity contribution in [3.8, 4) is 17.2 Å². The molecule has 1 amide bonds. The van der Waals surface area contributed by atoms with Crippen LogP contribution in [0.2, 0.25) is 15.1 Å². The highest BCUT2D eigenvalue weighted by molar-refractivity contribution is 6.38. The Balaban J connectivity index is 1.48. The number of amides is 1. The van der Waals surface area contributed by atoms with Crippen LogP contribution in [0, 0.1) is 0 Å². The average Bonchev–Trinajstić information content (AvgIpc) is 3.12. The number of carbonyl (C=O) groups excluding carboxylic acids is 1. The Bertz CT molecular complexity index is 1190. The fourth-order valence-electron chi connectivity index (χ4n) is 2.69. The van der Waals surface area contributed by atoms with E-state index >= 15 is 0 Å². The van der Waals surface area contributed by atoms with Gasteiger partial charge < -0.3 is 14.5 Å². The number of hydrogen-bond donors (Lipinski definition) is 1. The monoisotopic (exact) mass is 446 g/mol. The van der Waals surface area contributed by atoms with Crippen molar-refractivity contribution in [1.82, 2.24) is 4.98 Å². The fraction of sp³-hybridized carbons (Fsp3) is 0.0476. The summed E-state index contributed by atoms with van der Waals surface area (Å²) < 4.78 is 11.2. The molecule has 3 aromatic carbocycles. The molecule has 0 fully saturated rings. The van der Waals surface area contributed by atoms with Gasteiger partial charge in [0.2, 0.25) is 5.89 Å². The van der Waals surface area contributed by atoms with Gasteiger partial charge in [0.05, 0.1) is 5.02 Å². The van der Waals surface area contributed by atoms with E-state index in [0.717, 1.165) is 0 Å². The molecule has 8 heteroatoms. The van der Waals surface area contributed by atoms with Crippen LogP contribution in [0.25, 0.3) is 22.6 Å². The van der Waals surface area contributed by atoms with Crippen LogP contribution >= 0.6 is 34.8 Å². The Hall–Kier alpha value is -2.73. The maximum atomic E-state index is 12.2. The number of rotatable bonds is 5. The van der Waals surface area contributed by atoms with E-state index in [1.807, 2.05) is 6.07 Å². The molecule has 0 aliphatic heterocycles. The highest BCUT2D eigenvalue weighted by Crippen LogP contribution is 2.32. The maximum Gasteiger partial charge on any atom is 0.262 e. The van der Waals surface area contributed by atoms with Crippen LogP contribution in [0.4, 0.5) is 5.69 Å². The van der Waals surface area contributed by atoms with E-state index in [-0.39, 0.29) is 12.5 Å². The summed E-state index contributed by atoms with van der Waals surface area (Å²) in [6.45, 7) is -0.136. The number of anilines is 1. The number of benzene rings is 3. The van der Waals surface area contributed by atoms with E-state index in [0.29, 0.717) is 49.1 Å². The molecular weight excluding hydrogens is 435 g/mol. The number of hydrogen-bond acceptors (Lipinski definition) is 4. The zero-order valence-electron chi connectivity index (χ0n) is 14.8. The molecule has 0 aliphatic carbocycles. The second-order valence-corrected chi connectivity index (χ2v) is 7.41. The number of ether oxygens (including phenoxy) is 1. The van der Waals surface area contributed by atoms with Crippen molar-refractivity contribution in [2.24, 2.45) is 0 Å². The van der Waals surface area contributed by atoms with Gasteiger partial charge in [-0.05, 0) is 54.6 Å². The third-order valence-corrected chi connectivity index (χ3v) is 4.74. The average molecular weight is 448 g/mol. The van der Waals surface area contributed by atoms with Crippen molar-refractivity contribution in [2.75, 3.05) is 11.9 Å². The Morgan fingerprint density at radius 1 is 1.00 bits per heavy atom. The molecule has 4 rings (SSSR count). The van der Waals surface area contributed by atoms with E-state index in [9.17, 15) is 4.79 Å². The van der Waals surface area contributed by atoms with Crippen LogP contribution < -0.4 is 10.1 Å². The molecule has 0 saturated carbocycles. The lowest BCUT2D eigenvalue weighted by Crippen LogP contribution is -2.20. The number of halogens is 3. The molecule has 4 aromatic rings. The summed E-state index contributed by atoms with van der Waals surface area (Å²) in [7, 11) is 0. The highest BCUT2D eigenvalue weighted by Gasteiger charge is 2.13. The SMILES string of the molecule is O=C(COc1ccc(Cl)cc1)Nc1cccc(-c2nc3cc(Cl)cc(Cl)c3o2)c1. The van der Waals surface area contributed by atoms with Crippen LogP contribution in [0.15, 0.2) is 65.1 Å². The minimum atomic E-state index is -0.301. The van der Waals surface area contributed by atoms with Crippen LogP contribution in [0.3, 0.4) is 0 Å². The quantitative estimate of drug-likeness (QED) is 0.381. The van der Waals surface area contributed by atoms with Gasteiger partial charge in [-0.1, -0.05) is 40.9 Å². The lowest BCUT2D eigenvalue weighted by atomic mass is 10.2. The molecule has 0 saturated heterocycles. The minimum Gasteiger partial charge on any atom is -0.484 e. The second-order valence-electron chi connectivity index (χ2n) is 6.13. The molecule has 0 bridgehead atoms. The molecule has 0 atom stereocenters. The summed E-state index contributed by atoms with van der Waals surface area (Å²) in [5.41, 5.74) is 2.28. The first-order valence-electron chi connectivity index (χ1n) is 8.52. The zero-order valence-corrected chi connectivity index (χ0v) is 17.1. The van der Waals surface area contributed by atoms with Gasteiger partial charge >= 0.3 is 0 Å². The van der Waals surface area contributed by atoms with Crippen LogP contribution in [0.5, 0.6) is 5.75 Å². The van der Waals surface area contributed by atoms with Gasteiger partial charge in [-0.2, -0.15) is 0 Å². The first kappa shape index (κ1) is 19.6. The molecule has 0 radical (unpaired) electrons. The third-order valence-electron chi connectivity index (χ3n) is 3.99. The lowest BCUT2D eigenvalue weighted by molar-refractivity contribution is -0.118. The number of fused-ring (bicyclic) bond motifs is 1. The molecule has 0 unspecified atom stereocenters. The van der Waals surface area contributed by atoms with Crippen molar-refractivity contribution in [2.45, 2.75) is 0 Å². The molecule has 1 heterocycles. The van der Waals surface area contributed by atoms with E-state index in [2.05, 4.69) is 10.3 Å². The van der Waals surface area contributed by atoms with Gasteiger partial charge in [0.25, 0.3) is 5.91 Å². The molecule has 0 spiro atoms. The van der Waals surface area contributed by atoms with E-state index in [1.165, 1.54) is 0 Å². The minimum absolute atomic E-state index is 0.136. The van der Waals surface area contributed by atoms with Crippen LogP contribution in [0.1, 0.15) is 0 Å². The fourth-order valence-corrected chi connectivity index (χ4v) is 3.34. The van der Waals surface area contributed by atoms with Gasteiger partial charge in [-0.3, -0.25) is 4.79 Å². The topological polar surface area (TPSA) is 64.4 Å². The van der Waals surface area contributed by atoms with E-state index in [4.69, 9.17) is 44.0 Å². The van der Waals surface area contributed by atoms with Crippen molar-refractivity contribution in [3.63, 3.8) is 0 Å². The van der Waals surface area contributed by atoms with Gasteiger partial charge in [-0.15, -0.1) is 0 Å². The summed E-state index contributed by atoms with van der Waals surface area (Å²) in [5.74, 6) is 0.627. The van der Waals surface area contributed by atoms with Crippen molar-refractivity contribution in [1.29, 1.82) is 0 Å². The lowest BCUT2D eigenvalue weighted by Gasteiger charge is -2.08. The number of nitrogens with one attached hydrogen (secondary N) is 1. The number of oxazole rings is 1. The molecule has 1 aromatic heterocycles. The summed E-state index contributed by atoms with van der Waals surface area (Å²) in [5, 5.41) is 4.24.